The number of ether oxygens (including phenoxy) is 1. The lowest BCUT2D eigenvalue weighted by molar-refractivity contribution is -0.121. The fraction of sp³-hybridized carbons (Fsp3) is 0.450. The molecule has 1 heterocycles. The van der Waals surface area contributed by atoms with Crippen molar-refractivity contribution in [2.75, 3.05) is 54.0 Å². The van der Waals surface area contributed by atoms with E-state index in [-0.39, 0.29) is 30.5 Å². The van der Waals surface area contributed by atoms with Crippen molar-refractivity contribution >= 4 is 35.0 Å². The minimum absolute atomic E-state index is 0.124. The molecule has 0 aliphatic heterocycles. The van der Waals surface area contributed by atoms with E-state index in [2.05, 4.69) is 10.5 Å². The Morgan fingerprint density at radius 1 is 1.17 bits per heavy atom. The molecule has 8 nitrogen and oxygen atoms in total. The van der Waals surface area contributed by atoms with E-state index in [1.54, 1.807) is 25.3 Å². The van der Waals surface area contributed by atoms with Crippen LogP contribution in [0.15, 0.2) is 28.8 Å². The largest absolute Gasteiger partial charge is 0.383 e. The van der Waals surface area contributed by atoms with Crippen molar-refractivity contribution in [2.24, 2.45) is 0 Å². The van der Waals surface area contributed by atoms with Gasteiger partial charge in [0, 0.05) is 56.4 Å². The van der Waals surface area contributed by atoms with Gasteiger partial charge in [0.05, 0.1) is 11.6 Å². The van der Waals surface area contributed by atoms with Gasteiger partial charge in [-0.3, -0.25) is 9.59 Å². The molecule has 0 saturated carbocycles. The molecule has 1 N–H and O–H groups in total. The molecule has 0 saturated heterocycles. The molecule has 30 heavy (non-hydrogen) atoms. The summed E-state index contributed by atoms with van der Waals surface area (Å²) in [7, 11) is 5.41. The Labute approximate surface area is 186 Å². The molecule has 0 aliphatic rings. The highest BCUT2D eigenvalue weighted by molar-refractivity contribution is 6.36. The number of rotatable bonds is 11. The fourth-order valence-electron chi connectivity index (χ4n) is 2.61. The van der Waals surface area contributed by atoms with Gasteiger partial charge in [-0.05, 0) is 32.3 Å². The van der Waals surface area contributed by atoms with Crippen LogP contribution in [-0.2, 0) is 9.53 Å². The number of hydrogen-bond acceptors (Lipinski definition) is 6. The van der Waals surface area contributed by atoms with Crippen LogP contribution in [0.25, 0.3) is 11.3 Å². The molecular formula is C20H26Cl2N4O4. The summed E-state index contributed by atoms with van der Waals surface area (Å²) in [6.45, 7) is 2.19. The van der Waals surface area contributed by atoms with Crippen LogP contribution in [0.1, 0.15) is 16.9 Å². The first-order chi connectivity index (χ1) is 14.3. The van der Waals surface area contributed by atoms with Crippen LogP contribution in [0.5, 0.6) is 0 Å². The molecule has 0 atom stereocenters. The Kier molecular flexibility index (Phi) is 9.58. The van der Waals surface area contributed by atoms with Gasteiger partial charge in [-0.2, -0.15) is 0 Å². The molecular weight excluding hydrogens is 431 g/mol. The van der Waals surface area contributed by atoms with Crippen LogP contribution in [0.2, 0.25) is 10.0 Å². The highest BCUT2D eigenvalue weighted by Gasteiger charge is 2.22. The highest BCUT2D eigenvalue weighted by Crippen LogP contribution is 2.30. The molecule has 0 spiro atoms. The van der Waals surface area contributed by atoms with Crippen LogP contribution in [0, 0.1) is 0 Å². The standard InChI is InChI=1S/C20H26Cl2N4O4/c1-25(2)9-7-23-19(27)6-8-26(10-11-29-3)20(28)17-13-18(30-24-17)15-5-4-14(21)12-16(15)22/h4-5,12-13H,6-11H2,1-3H3,(H,23,27). The van der Waals surface area contributed by atoms with Crippen LogP contribution < -0.4 is 5.32 Å². The number of nitrogens with zero attached hydrogens (tertiary/aromatic N) is 3. The lowest BCUT2D eigenvalue weighted by Crippen LogP contribution is -2.38. The van der Waals surface area contributed by atoms with Gasteiger partial charge in [0.2, 0.25) is 5.91 Å². The van der Waals surface area contributed by atoms with Gasteiger partial charge in [0.1, 0.15) is 0 Å². The average molecular weight is 457 g/mol. The zero-order chi connectivity index (χ0) is 22.1. The van der Waals surface area contributed by atoms with E-state index in [0.717, 1.165) is 6.54 Å². The van der Waals surface area contributed by atoms with E-state index < -0.39 is 0 Å². The number of carbonyl (C=O) groups is 2. The van der Waals surface area contributed by atoms with Gasteiger partial charge < -0.3 is 24.4 Å². The molecule has 0 unspecified atom stereocenters. The molecule has 2 amide bonds. The maximum Gasteiger partial charge on any atom is 0.276 e. The summed E-state index contributed by atoms with van der Waals surface area (Å²) in [6.07, 6.45) is 0.177. The first kappa shape index (κ1) is 24.1. The molecule has 164 valence electrons. The molecule has 10 heteroatoms. The van der Waals surface area contributed by atoms with Gasteiger partial charge in [-0.1, -0.05) is 28.4 Å². The Morgan fingerprint density at radius 3 is 2.60 bits per heavy atom. The molecule has 0 aliphatic carbocycles. The summed E-state index contributed by atoms with van der Waals surface area (Å²) < 4.78 is 10.4. The SMILES string of the molecule is COCCN(CCC(=O)NCCN(C)C)C(=O)c1cc(-c2ccc(Cl)cc2Cl)on1. The quantitative estimate of drug-likeness (QED) is 0.559. The summed E-state index contributed by atoms with van der Waals surface area (Å²) in [5.74, 6) is -0.123. The summed E-state index contributed by atoms with van der Waals surface area (Å²) >= 11 is 12.1. The van der Waals surface area contributed by atoms with E-state index in [1.807, 2.05) is 19.0 Å². The third-order valence-corrected chi connectivity index (χ3v) is 4.82. The molecule has 0 fully saturated rings. The number of hydrogen-bond donors (Lipinski definition) is 1. The summed E-state index contributed by atoms with van der Waals surface area (Å²) in [6, 6.07) is 6.48. The van der Waals surface area contributed by atoms with Gasteiger partial charge in [-0.25, -0.2) is 0 Å². The first-order valence-electron chi connectivity index (χ1n) is 9.43. The fourth-order valence-corrected chi connectivity index (χ4v) is 3.12. The number of benzene rings is 1. The highest BCUT2D eigenvalue weighted by atomic mass is 35.5. The maximum atomic E-state index is 12.9. The Balaban J connectivity index is 2.04. The second kappa shape index (κ2) is 11.9. The summed E-state index contributed by atoms with van der Waals surface area (Å²) in [4.78, 5) is 28.5. The Morgan fingerprint density at radius 2 is 1.93 bits per heavy atom. The predicted octanol–water partition coefficient (Wildman–Crippen LogP) is 2.80. The second-order valence-electron chi connectivity index (χ2n) is 6.89. The van der Waals surface area contributed by atoms with Crippen LogP contribution in [0.3, 0.4) is 0 Å². The maximum absolute atomic E-state index is 12.9. The third kappa shape index (κ3) is 7.28. The Bertz CT molecular complexity index is 857. The van der Waals surface area contributed by atoms with Crippen LogP contribution in [-0.4, -0.2) is 80.8 Å². The molecule has 0 radical (unpaired) electrons. The van der Waals surface area contributed by atoms with Crippen molar-refractivity contribution in [2.45, 2.75) is 6.42 Å². The zero-order valence-corrected chi connectivity index (χ0v) is 18.8. The van der Waals surface area contributed by atoms with Gasteiger partial charge in [0.15, 0.2) is 11.5 Å². The summed E-state index contributed by atoms with van der Waals surface area (Å²) in [5.41, 5.74) is 0.705. The van der Waals surface area contributed by atoms with Crippen molar-refractivity contribution in [3.8, 4) is 11.3 Å². The average Bonchev–Trinajstić information content (AvgIpc) is 3.17. The molecule has 0 bridgehead atoms. The van der Waals surface area contributed by atoms with Gasteiger partial charge in [0.25, 0.3) is 5.91 Å². The number of nitrogens with one attached hydrogen (secondary N) is 1. The smallest absolute Gasteiger partial charge is 0.276 e. The molecule has 1 aromatic heterocycles. The van der Waals surface area contributed by atoms with E-state index in [4.69, 9.17) is 32.5 Å². The van der Waals surface area contributed by atoms with Crippen LogP contribution in [0.4, 0.5) is 0 Å². The van der Waals surface area contributed by atoms with E-state index in [0.29, 0.717) is 41.1 Å². The monoisotopic (exact) mass is 456 g/mol. The van der Waals surface area contributed by atoms with E-state index >= 15 is 0 Å². The minimum atomic E-state index is -0.353. The van der Waals surface area contributed by atoms with E-state index in [1.165, 1.54) is 11.0 Å². The second-order valence-corrected chi connectivity index (χ2v) is 7.73. The number of carbonyl (C=O) groups excluding carboxylic acids is 2. The number of halogens is 2. The van der Waals surface area contributed by atoms with Crippen molar-refractivity contribution in [1.82, 2.24) is 20.3 Å². The topological polar surface area (TPSA) is 87.9 Å². The zero-order valence-electron chi connectivity index (χ0n) is 17.3. The van der Waals surface area contributed by atoms with Crippen molar-refractivity contribution in [1.29, 1.82) is 0 Å². The number of methoxy groups -OCH3 is 1. The third-order valence-electron chi connectivity index (χ3n) is 4.27. The number of likely N-dealkylation sites (N-methyl/N-ethyl adjacent to an activating group) is 1. The van der Waals surface area contributed by atoms with Gasteiger partial charge in [-0.15, -0.1) is 0 Å². The van der Waals surface area contributed by atoms with Gasteiger partial charge >= 0.3 is 0 Å². The van der Waals surface area contributed by atoms with Crippen LogP contribution >= 0.6 is 23.2 Å². The lowest BCUT2D eigenvalue weighted by atomic mass is 10.1. The van der Waals surface area contributed by atoms with Crippen molar-refractivity contribution in [3.63, 3.8) is 0 Å². The minimum Gasteiger partial charge on any atom is -0.383 e. The van der Waals surface area contributed by atoms with Crippen molar-refractivity contribution < 1.29 is 18.8 Å². The summed E-state index contributed by atoms with van der Waals surface area (Å²) in [5, 5.41) is 7.59. The predicted molar refractivity (Wildman–Crippen MR) is 116 cm³/mol. The van der Waals surface area contributed by atoms with E-state index in [9.17, 15) is 9.59 Å². The lowest BCUT2D eigenvalue weighted by Gasteiger charge is -2.21. The molecule has 1 aromatic carbocycles. The first-order valence-corrected chi connectivity index (χ1v) is 10.2. The number of aromatic nitrogens is 1. The van der Waals surface area contributed by atoms with Crippen molar-refractivity contribution in [3.05, 3.63) is 40.0 Å². The normalized spacial score (nSPS) is 11.0. The Hall–Kier alpha value is -2.13. The molecule has 2 rings (SSSR count). The molecule has 2 aromatic rings. The number of amides is 2.